The first-order valence-corrected chi connectivity index (χ1v) is 17.9. The standard InChI is InChI=1S/C36H41ClFN5O5S/c1-48-32-17-12-25(20-41-32)33(24-10-13-26(37)14-11-24)34(39)35(45)42-31-9-5-8-30(38)29(31)16-15-27(21-40-22-36(23-44)18-19-36)43-49(46,47)28-6-3-2-4-7-28/h2-14,17,20,27,33-34,40,43-44H,15-16,18-19,21-23,39H2,1H3,(H,42,45)/t27-,33-,34-/m0/s1. The van der Waals surface area contributed by atoms with Crippen molar-refractivity contribution < 1.29 is 27.4 Å². The van der Waals surface area contributed by atoms with Crippen LogP contribution in [-0.4, -0.2) is 63.3 Å². The fraction of sp³-hybridized carbons (Fsp3) is 0.333. The van der Waals surface area contributed by atoms with E-state index in [4.69, 9.17) is 22.1 Å². The molecular formula is C36H41ClFN5O5S. The summed E-state index contributed by atoms with van der Waals surface area (Å²) in [6, 6.07) is 21.1. The summed E-state index contributed by atoms with van der Waals surface area (Å²) in [4.78, 5) is 18.2. The fourth-order valence-electron chi connectivity index (χ4n) is 5.76. The molecule has 0 aliphatic heterocycles. The molecular weight excluding hydrogens is 669 g/mol. The molecule has 1 heterocycles. The Morgan fingerprint density at radius 2 is 1.76 bits per heavy atom. The predicted octanol–water partition coefficient (Wildman–Crippen LogP) is 4.62. The van der Waals surface area contributed by atoms with Gasteiger partial charge in [0.1, 0.15) is 5.82 Å². The molecule has 0 unspecified atom stereocenters. The fourth-order valence-corrected chi connectivity index (χ4v) is 7.18. The van der Waals surface area contributed by atoms with Gasteiger partial charge in [0.15, 0.2) is 0 Å². The lowest BCUT2D eigenvalue weighted by Crippen LogP contribution is -2.44. The number of amides is 1. The number of rotatable bonds is 17. The smallest absolute Gasteiger partial charge is 0.242 e. The van der Waals surface area contributed by atoms with Crippen molar-refractivity contribution >= 4 is 33.2 Å². The molecule has 1 saturated carbocycles. The van der Waals surface area contributed by atoms with Crippen molar-refractivity contribution in [2.75, 3.05) is 32.1 Å². The zero-order valence-corrected chi connectivity index (χ0v) is 28.7. The number of nitrogens with one attached hydrogen (secondary N) is 3. The van der Waals surface area contributed by atoms with E-state index < -0.39 is 39.7 Å². The first-order chi connectivity index (χ1) is 23.5. The number of aliphatic hydroxyl groups excluding tert-OH is 1. The van der Waals surface area contributed by atoms with Gasteiger partial charge >= 0.3 is 0 Å². The summed E-state index contributed by atoms with van der Waals surface area (Å²) >= 11 is 6.13. The van der Waals surface area contributed by atoms with E-state index >= 15 is 4.39 Å². The number of benzene rings is 3. The van der Waals surface area contributed by atoms with Crippen molar-refractivity contribution in [3.8, 4) is 5.88 Å². The normalized spacial score (nSPS) is 15.6. The number of nitrogens with zero attached hydrogens (tertiary/aromatic N) is 1. The minimum atomic E-state index is -3.88. The van der Waals surface area contributed by atoms with E-state index in [1.54, 1.807) is 66.9 Å². The molecule has 1 amide bonds. The minimum absolute atomic E-state index is 0.0503. The van der Waals surface area contributed by atoms with Crippen molar-refractivity contribution in [2.24, 2.45) is 11.1 Å². The Labute approximate surface area is 291 Å². The number of nitrogens with two attached hydrogens (primary N) is 1. The van der Waals surface area contributed by atoms with E-state index in [9.17, 15) is 18.3 Å². The highest BCUT2D eigenvalue weighted by Gasteiger charge is 2.41. The number of hydrogen-bond acceptors (Lipinski definition) is 8. The topological polar surface area (TPSA) is 156 Å². The van der Waals surface area contributed by atoms with E-state index in [0.29, 0.717) is 23.0 Å². The van der Waals surface area contributed by atoms with Crippen LogP contribution in [0.15, 0.2) is 96.0 Å². The summed E-state index contributed by atoms with van der Waals surface area (Å²) in [5.41, 5.74) is 8.29. The number of aromatic nitrogens is 1. The monoisotopic (exact) mass is 709 g/mol. The van der Waals surface area contributed by atoms with Gasteiger partial charge in [-0.25, -0.2) is 22.5 Å². The Morgan fingerprint density at radius 1 is 1.04 bits per heavy atom. The third-order valence-electron chi connectivity index (χ3n) is 8.90. The molecule has 1 fully saturated rings. The van der Waals surface area contributed by atoms with Crippen molar-refractivity contribution in [1.29, 1.82) is 0 Å². The minimum Gasteiger partial charge on any atom is -0.481 e. The third-order valence-corrected chi connectivity index (χ3v) is 10.7. The molecule has 1 aliphatic carbocycles. The number of halogens is 2. The molecule has 4 aromatic rings. The maximum absolute atomic E-state index is 15.4. The highest BCUT2D eigenvalue weighted by molar-refractivity contribution is 7.89. The number of hydrogen-bond donors (Lipinski definition) is 5. The lowest BCUT2D eigenvalue weighted by Gasteiger charge is -2.25. The summed E-state index contributed by atoms with van der Waals surface area (Å²) < 4.78 is 49.9. The number of anilines is 1. The third kappa shape index (κ3) is 9.41. The number of carbonyl (C=O) groups is 1. The summed E-state index contributed by atoms with van der Waals surface area (Å²) in [6.07, 6.45) is 3.70. The van der Waals surface area contributed by atoms with Gasteiger partial charge in [0, 0.05) is 65.6 Å². The van der Waals surface area contributed by atoms with Gasteiger partial charge in [-0.1, -0.05) is 54.1 Å². The molecule has 3 aromatic carbocycles. The largest absolute Gasteiger partial charge is 0.481 e. The van der Waals surface area contributed by atoms with Gasteiger partial charge in [-0.15, -0.1) is 0 Å². The Morgan fingerprint density at radius 3 is 2.39 bits per heavy atom. The van der Waals surface area contributed by atoms with Crippen molar-refractivity contribution in [2.45, 2.75) is 48.6 Å². The van der Waals surface area contributed by atoms with Gasteiger partial charge in [-0.05, 0) is 73.2 Å². The van der Waals surface area contributed by atoms with Crippen LogP contribution in [0.3, 0.4) is 0 Å². The maximum Gasteiger partial charge on any atom is 0.242 e. The summed E-state index contributed by atoms with van der Waals surface area (Å²) in [5, 5.41) is 16.4. The average Bonchev–Trinajstić information content (AvgIpc) is 3.89. The molecule has 0 bridgehead atoms. The summed E-state index contributed by atoms with van der Waals surface area (Å²) in [5.74, 6) is -1.32. The van der Waals surface area contributed by atoms with Gasteiger partial charge in [-0.2, -0.15) is 0 Å². The number of ether oxygens (including phenoxy) is 1. The number of carbonyl (C=O) groups excluding carboxylic acids is 1. The van der Waals surface area contributed by atoms with Crippen LogP contribution in [0.4, 0.5) is 10.1 Å². The van der Waals surface area contributed by atoms with Gasteiger partial charge in [0.05, 0.1) is 18.0 Å². The second kappa shape index (κ2) is 16.2. The lowest BCUT2D eigenvalue weighted by atomic mass is 9.85. The van der Waals surface area contributed by atoms with E-state index in [-0.39, 0.29) is 47.6 Å². The van der Waals surface area contributed by atoms with Crippen LogP contribution in [0, 0.1) is 11.2 Å². The van der Waals surface area contributed by atoms with E-state index in [1.165, 1.54) is 31.4 Å². The molecule has 13 heteroatoms. The SMILES string of the molecule is COc1ccc([C@H](c2ccc(Cl)cc2)[C@H](N)C(=O)Nc2cccc(F)c2CC[C@@H](CNCC2(CO)CC2)NS(=O)(=O)c2ccccc2)cn1. The molecule has 1 aliphatic rings. The number of pyridine rings is 1. The summed E-state index contributed by atoms with van der Waals surface area (Å²) in [7, 11) is -2.37. The molecule has 3 atom stereocenters. The quantitative estimate of drug-likeness (QED) is 0.106. The number of sulfonamides is 1. The van der Waals surface area contributed by atoms with Crippen molar-refractivity contribution in [3.05, 3.63) is 119 Å². The zero-order valence-electron chi connectivity index (χ0n) is 27.1. The van der Waals surface area contributed by atoms with Crippen LogP contribution >= 0.6 is 11.6 Å². The number of methoxy groups -OCH3 is 1. The van der Waals surface area contributed by atoms with E-state index in [0.717, 1.165) is 18.4 Å². The van der Waals surface area contributed by atoms with Crippen LogP contribution in [0.25, 0.3) is 0 Å². The molecule has 49 heavy (non-hydrogen) atoms. The Balaban J connectivity index is 1.35. The molecule has 6 N–H and O–H groups in total. The Hall–Kier alpha value is -3.91. The molecule has 0 radical (unpaired) electrons. The van der Waals surface area contributed by atoms with Gasteiger partial charge in [-0.3, -0.25) is 4.79 Å². The zero-order chi connectivity index (χ0) is 35.0. The van der Waals surface area contributed by atoms with Crippen LogP contribution in [0.5, 0.6) is 5.88 Å². The highest BCUT2D eigenvalue weighted by Crippen LogP contribution is 2.44. The second-order valence-electron chi connectivity index (χ2n) is 12.4. The number of aliphatic hydroxyl groups is 1. The van der Waals surface area contributed by atoms with Gasteiger partial charge in [0.2, 0.25) is 21.8 Å². The van der Waals surface area contributed by atoms with Crippen LogP contribution in [-0.2, 0) is 21.2 Å². The predicted molar refractivity (Wildman–Crippen MR) is 188 cm³/mol. The second-order valence-corrected chi connectivity index (χ2v) is 14.6. The Bertz CT molecular complexity index is 1810. The lowest BCUT2D eigenvalue weighted by molar-refractivity contribution is -0.117. The van der Waals surface area contributed by atoms with E-state index in [2.05, 4.69) is 20.3 Å². The van der Waals surface area contributed by atoms with Crippen molar-refractivity contribution in [1.82, 2.24) is 15.0 Å². The average molecular weight is 710 g/mol. The van der Waals surface area contributed by atoms with Crippen LogP contribution < -0.4 is 25.8 Å². The molecule has 10 nitrogen and oxygen atoms in total. The summed E-state index contributed by atoms with van der Waals surface area (Å²) in [6.45, 7) is 0.840. The van der Waals surface area contributed by atoms with Crippen LogP contribution in [0.1, 0.15) is 41.9 Å². The Kier molecular flexibility index (Phi) is 12.0. The first-order valence-electron chi connectivity index (χ1n) is 16.0. The molecule has 0 saturated heterocycles. The maximum atomic E-state index is 15.4. The molecule has 260 valence electrons. The van der Waals surface area contributed by atoms with E-state index in [1.807, 2.05) is 0 Å². The first kappa shape index (κ1) is 36.4. The molecule has 5 rings (SSSR count). The highest BCUT2D eigenvalue weighted by atomic mass is 35.5. The van der Waals surface area contributed by atoms with Gasteiger partial charge < -0.3 is 26.2 Å². The molecule has 0 spiro atoms. The van der Waals surface area contributed by atoms with Crippen LogP contribution in [0.2, 0.25) is 5.02 Å². The van der Waals surface area contributed by atoms with Gasteiger partial charge in [0.25, 0.3) is 0 Å². The van der Waals surface area contributed by atoms with Crippen molar-refractivity contribution in [3.63, 3.8) is 0 Å². The molecule has 1 aromatic heterocycles.